The maximum Gasteiger partial charge on any atom is 0.252 e. The van der Waals surface area contributed by atoms with Gasteiger partial charge in [-0.1, -0.05) is 37.3 Å². The first-order valence-electron chi connectivity index (χ1n) is 7.23. The van der Waals surface area contributed by atoms with E-state index in [2.05, 4.69) is 18.2 Å². The van der Waals surface area contributed by atoms with E-state index in [1.54, 1.807) is 0 Å². The van der Waals surface area contributed by atoms with Crippen molar-refractivity contribution in [3.63, 3.8) is 0 Å². The fraction of sp³-hybridized carbons (Fsp3) is 0.471. The van der Waals surface area contributed by atoms with Crippen LogP contribution in [-0.2, 0) is 16.0 Å². The summed E-state index contributed by atoms with van der Waals surface area (Å²) in [5.41, 5.74) is 1.31. The first-order chi connectivity index (χ1) is 9.48. The van der Waals surface area contributed by atoms with Crippen molar-refractivity contribution in [3.05, 3.63) is 47.5 Å². The molecule has 1 saturated heterocycles. The molecule has 1 fully saturated rings. The van der Waals surface area contributed by atoms with Crippen molar-refractivity contribution in [1.82, 2.24) is 4.90 Å². The Bertz CT molecular complexity index is 562. The highest BCUT2D eigenvalue weighted by atomic mass is 16.5. The molecule has 2 aliphatic heterocycles. The van der Waals surface area contributed by atoms with Crippen molar-refractivity contribution in [2.45, 2.75) is 44.9 Å². The number of ether oxygens (including phenoxy) is 1. The van der Waals surface area contributed by atoms with Crippen LogP contribution in [0.1, 0.15) is 32.8 Å². The average molecular weight is 271 g/mol. The SMILES string of the molecule is CCC1=C[C@@]2(Cc3ccccc3)COC(C)(C)N2C1=O. The van der Waals surface area contributed by atoms with Crippen LogP contribution in [0.3, 0.4) is 0 Å². The summed E-state index contributed by atoms with van der Waals surface area (Å²) in [4.78, 5) is 14.5. The third kappa shape index (κ3) is 1.88. The van der Waals surface area contributed by atoms with E-state index in [9.17, 15) is 4.79 Å². The van der Waals surface area contributed by atoms with Gasteiger partial charge in [0.1, 0.15) is 5.72 Å². The number of nitrogens with zero attached hydrogens (tertiary/aromatic N) is 1. The molecule has 106 valence electrons. The second kappa shape index (κ2) is 4.45. The molecule has 3 nitrogen and oxygen atoms in total. The van der Waals surface area contributed by atoms with Gasteiger partial charge in [0.25, 0.3) is 5.91 Å². The van der Waals surface area contributed by atoms with Crippen molar-refractivity contribution in [2.24, 2.45) is 0 Å². The Hall–Kier alpha value is -1.61. The quantitative estimate of drug-likeness (QED) is 0.846. The van der Waals surface area contributed by atoms with E-state index in [1.807, 2.05) is 43.9 Å². The molecule has 20 heavy (non-hydrogen) atoms. The summed E-state index contributed by atoms with van der Waals surface area (Å²) < 4.78 is 5.91. The largest absolute Gasteiger partial charge is 0.353 e. The number of hydrogen-bond acceptors (Lipinski definition) is 2. The Morgan fingerprint density at radius 2 is 1.95 bits per heavy atom. The summed E-state index contributed by atoms with van der Waals surface area (Å²) in [6, 6.07) is 10.3. The van der Waals surface area contributed by atoms with Crippen molar-refractivity contribution < 1.29 is 9.53 Å². The van der Waals surface area contributed by atoms with E-state index in [4.69, 9.17) is 4.74 Å². The van der Waals surface area contributed by atoms with Crippen LogP contribution in [0.15, 0.2) is 42.0 Å². The van der Waals surface area contributed by atoms with Gasteiger partial charge in [-0.2, -0.15) is 0 Å². The smallest absolute Gasteiger partial charge is 0.252 e. The number of fused-ring (bicyclic) bond motifs is 1. The van der Waals surface area contributed by atoms with Gasteiger partial charge in [-0.15, -0.1) is 0 Å². The molecule has 0 spiro atoms. The predicted octanol–water partition coefficient (Wildman–Crippen LogP) is 2.91. The van der Waals surface area contributed by atoms with Crippen molar-refractivity contribution >= 4 is 5.91 Å². The third-order valence-corrected chi connectivity index (χ3v) is 4.31. The van der Waals surface area contributed by atoms with Gasteiger partial charge < -0.3 is 4.74 Å². The maximum absolute atomic E-state index is 12.6. The zero-order valence-corrected chi connectivity index (χ0v) is 12.3. The van der Waals surface area contributed by atoms with Gasteiger partial charge in [0, 0.05) is 12.0 Å². The second-order valence-electron chi connectivity index (χ2n) is 6.17. The van der Waals surface area contributed by atoms with E-state index >= 15 is 0 Å². The first kappa shape index (κ1) is 13.4. The minimum absolute atomic E-state index is 0.130. The Labute approximate surface area is 120 Å². The van der Waals surface area contributed by atoms with Gasteiger partial charge >= 0.3 is 0 Å². The van der Waals surface area contributed by atoms with Crippen LogP contribution in [-0.4, -0.2) is 28.7 Å². The van der Waals surface area contributed by atoms with E-state index in [0.717, 1.165) is 18.4 Å². The van der Waals surface area contributed by atoms with Crippen molar-refractivity contribution in [1.29, 1.82) is 0 Å². The van der Waals surface area contributed by atoms with Gasteiger partial charge in [-0.3, -0.25) is 9.69 Å². The molecule has 0 saturated carbocycles. The van der Waals surface area contributed by atoms with E-state index in [1.165, 1.54) is 5.56 Å². The van der Waals surface area contributed by atoms with Gasteiger partial charge in [0.15, 0.2) is 0 Å². The predicted molar refractivity (Wildman–Crippen MR) is 78.1 cm³/mol. The number of carbonyl (C=O) groups is 1. The Kier molecular flexibility index (Phi) is 2.98. The minimum atomic E-state index is -0.528. The Balaban J connectivity index is 2.01. The summed E-state index contributed by atoms with van der Waals surface area (Å²) >= 11 is 0. The lowest BCUT2D eigenvalue weighted by molar-refractivity contribution is -0.141. The first-order valence-corrected chi connectivity index (χ1v) is 7.23. The highest BCUT2D eigenvalue weighted by molar-refractivity contribution is 5.98. The van der Waals surface area contributed by atoms with Crippen LogP contribution in [0.5, 0.6) is 0 Å². The number of amides is 1. The maximum atomic E-state index is 12.6. The number of carbonyl (C=O) groups excluding carboxylic acids is 1. The summed E-state index contributed by atoms with van der Waals surface area (Å²) in [7, 11) is 0. The molecule has 0 N–H and O–H groups in total. The summed E-state index contributed by atoms with van der Waals surface area (Å²) in [6.45, 7) is 6.56. The molecule has 0 aromatic heterocycles. The molecule has 1 amide bonds. The Morgan fingerprint density at radius 1 is 1.25 bits per heavy atom. The fourth-order valence-corrected chi connectivity index (χ4v) is 3.43. The lowest BCUT2D eigenvalue weighted by Gasteiger charge is -2.36. The molecule has 0 bridgehead atoms. The minimum Gasteiger partial charge on any atom is -0.353 e. The van der Waals surface area contributed by atoms with Crippen LogP contribution in [0, 0.1) is 0 Å². The molecule has 3 rings (SSSR count). The zero-order valence-electron chi connectivity index (χ0n) is 12.3. The van der Waals surface area contributed by atoms with Crippen LogP contribution in [0.2, 0.25) is 0 Å². The summed E-state index contributed by atoms with van der Waals surface area (Å²) in [6.07, 6.45) is 3.73. The van der Waals surface area contributed by atoms with Crippen LogP contribution in [0.4, 0.5) is 0 Å². The molecule has 0 aliphatic carbocycles. The molecule has 3 heteroatoms. The lowest BCUT2D eigenvalue weighted by atomic mass is 9.91. The van der Waals surface area contributed by atoms with E-state index in [0.29, 0.717) is 6.61 Å². The van der Waals surface area contributed by atoms with E-state index in [-0.39, 0.29) is 11.4 Å². The zero-order chi connectivity index (χ0) is 14.4. The molecule has 0 radical (unpaired) electrons. The molecular weight excluding hydrogens is 250 g/mol. The average Bonchev–Trinajstić information content (AvgIpc) is 2.85. The van der Waals surface area contributed by atoms with Crippen molar-refractivity contribution in [3.8, 4) is 0 Å². The highest BCUT2D eigenvalue weighted by Gasteiger charge is 2.56. The van der Waals surface area contributed by atoms with Gasteiger partial charge in [0.05, 0.1) is 12.1 Å². The second-order valence-corrected chi connectivity index (χ2v) is 6.17. The number of benzene rings is 1. The topological polar surface area (TPSA) is 29.5 Å². The highest BCUT2D eigenvalue weighted by Crippen LogP contribution is 2.44. The third-order valence-electron chi connectivity index (χ3n) is 4.31. The molecule has 1 atom stereocenters. The number of hydrogen-bond donors (Lipinski definition) is 0. The Morgan fingerprint density at radius 3 is 2.60 bits per heavy atom. The molecule has 2 heterocycles. The summed E-state index contributed by atoms with van der Waals surface area (Å²) in [5, 5.41) is 0. The van der Waals surface area contributed by atoms with Gasteiger partial charge in [0.2, 0.25) is 0 Å². The van der Waals surface area contributed by atoms with E-state index < -0.39 is 5.72 Å². The molecule has 2 aliphatic rings. The standard InChI is InChI=1S/C17H21NO2/c1-4-14-11-17(10-13-8-6-5-7-9-13)12-20-16(2,3)18(17)15(14)19/h5-9,11H,4,10,12H2,1-3H3/t17-/m0/s1. The molecular formula is C17H21NO2. The lowest BCUT2D eigenvalue weighted by Crippen LogP contribution is -2.52. The van der Waals surface area contributed by atoms with Gasteiger partial charge in [-0.25, -0.2) is 0 Å². The van der Waals surface area contributed by atoms with Gasteiger partial charge in [-0.05, 0) is 31.9 Å². The van der Waals surface area contributed by atoms with Crippen molar-refractivity contribution in [2.75, 3.05) is 6.61 Å². The fourth-order valence-electron chi connectivity index (χ4n) is 3.43. The van der Waals surface area contributed by atoms with Crippen LogP contribution >= 0.6 is 0 Å². The van der Waals surface area contributed by atoms with Crippen LogP contribution < -0.4 is 0 Å². The summed E-state index contributed by atoms with van der Waals surface area (Å²) in [5.74, 6) is 0.130. The molecule has 1 aromatic carbocycles. The molecule has 0 unspecified atom stereocenters. The molecule has 1 aromatic rings. The normalized spacial score (nSPS) is 27.6. The monoisotopic (exact) mass is 271 g/mol. The van der Waals surface area contributed by atoms with Crippen LogP contribution in [0.25, 0.3) is 0 Å². The number of rotatable bonds is 3.